The number of hydrogen-bond acceptors (Lipinski definition) is 3. The maximum absolute atomic E-state index is 13.1. The van der Waals surface area contributed by atoms with E-state index >= 15 is 0 Å². The number of nitrogens with two attached hydrogens (primary N) is 1. The number of amides is 2. The number of nitrogens with one attached hydrogen (secondary N) is 1. The third-order valence-corrected chi connectivity index (χ3v) is 4.75. The van der Waals surface area contributed by atoms with Crippen LogP contribution in [0, 0.1) is 5.92 Å². The van der Waals surface area contributed by atoms with Gasteiger partial charge in [0.05, 0.1) is 5.92 Å². The van der Waals surface area contributed by atoms with E-state index in [1.165, 1.54) is 0 Å². The molecule has 5 nitrogen and oxygen atoms in total. The Kier molecular flexibility index (Phi) is 7.55. The van der Waals surface area contributed by atoms with Gasteiger partial charge in [-0.05, 0) is 31.0 Å². The van der Waals surface area contributed by atoms with Crippen LogP contribution in [-0.2, 0) is 9.59 Å². The lowest BCUT2D eigenvalue weighted by Gasteiger charge is -2.32. The van der Waals surface area contributed by atoms with Gasteiger partial charge in [-0.3, -0.25) is 9.59 Å². The quantitative estimate of drug-likeness (QED) is 0.749. The summed E-state index contributed by atoms with van der Waals surface area (Å²) in [6, 6.07) is 17.8. The van der Waals surface area contributed by atoms with E-state index in [1.54, 1.807) is 11.8 Å². The Hall–Kier alpha value is -2.66. The summed E-state index contributed by atoms with van der Waals surface area (Å²) < 4.78 is 0. The van der Waals surface area contributed by atoms with Crippen molar-refractivity contribution in [2.75, 3.05) is 11.9 Å². The molecule has 2 aromatic rings. The van der Waals surface area contributed by atoms with Crippen LogP contribution < -0.4 is 11.1 Å². The van der Waals surface area contributed by atoms with Crippen molar-refractivity contribution in [3.8, 4) is 0 Å². The van der Waals surface area contributed by atoms with Crippen LogP contribution in [0.5, 0.6) is 0 Å². The molecule has 0 saturated carbocycles. The van der Waals surface area contributed by atoms with Gasteiger partial charge in [-0.2, -0.15) is 0 Å². The zero-order chi connectivity index (χ0) is 19.8. The zero-order valence-electron chi connectivity index (χ0n) is 16.3. The highest BCUT2D eigenvalue weighted by Gasteiger charge is 2.31. The van der Waals surface area contributed by atoms with Gasteiger partial charge in [-0.15, -0.1) is 0 Å². The molecular formula is C22H29N3O2. The highest BCUT2D eigenvalue weighted by Crippen LogP contribution is 2.22. The van der Waals surface area contributed by atoms with Crippen molar-refractivity contribution in [3.05, 3.63) is 66.2 Å². The van der Waals surface area contributed by atoms with E-state index in [0.717, 1.165) is 12.0 Å². The van der Waals surface area contributed by atoms with Gasteiger partial charge >= 0.3 is 0 Å². The molecule has 0 aliphatic heterocycles. The van der Waals surface area contributed by atoms with E-state index in [-0.39, 0.29) is 11.8 Å². The summed E-state index contributed by atoms with van der Waals surface area (Å²) in [4.78, 5) is 27.4. The van der Waals surface area contributed by atoms with Crippen molar-refractivity contribution < 1.29 is 9.59 Å². The molecule has 0 heterocycles. The van der Waals surface area contributed by atoms with Gasteiger partial charge in [0.2, 0.25) is 11.8 Å². The SMILES string of the molecule is CCCN(C(=O)C(C)C(N)c1ccccc1)C(C)C(=O)Nc1ccccc1. The molecule has 2 rings (SSSR count). The van der Waals surface area contributed by atoms with Crippen molar-refractivity contribution in [1.29, 1.82) is 0 Å². The molecule has 27 heavy (non-hydrogen) atoms. The third kappa shape index (κ3) is 5.41. The van der Waals surface area contributed by atoms with E-state index in [2.05, 4.69) is 5.32 Å². The summed E-state index contributed by atoms with van der Waals surface area (Å²) in [7, 11) is 0. The van der Waals surface area contributed by atoms with Gasteiger partial charge in [0, 0.05) is 18.3 Å². The summed E-state index contributed by atoms with van der Waals surface area (Å²) in [6.45, 7) is 6.08. The average molecular weight is 367 g/mol. The Morgan fingerprint density at radius 2 is 1.56 bits per heavy atom. The molecule has 0 fully saturated rings. The van der Waals surface area contributed by atoms with Crippen LogP contribution in [0.2, 0.25) is 0 Å². The number of carbonyl (C=O) groups excluding carboxylic acids is 2. The number of nitrogens with zero attached hydrogens (tertiary/aromatic N) is 1. The maximum atomic E-state index is 13.1. The first-order valence-electron chi connectivity index (χ1n) is 9.42. The van der Waals surface area contributed by atoms with Crippen LogP contribution in [0.3, 0.4) is 0 Å². The third-order valence-electron chi connectivity index (χ3n) is 4.75. The average Bonchev–Trinajstić information content (AvgIpc) is 2.71. The molecule has 3 unspecified atom stereocenters. The Labute approximate surface area is 161 Å². The molecule has 0 aliphatic carbocycles. The molecule has 0 spiro atoms. The Morgan fingerprint density at radius 3 is 2.11 bits per heavy atom. The number of carbonyl (C=O) groups is 2. The second kappa shape index (κ2) is 9.88. The molecule has 5 heteroatoms. The number of benzene rings is 2. The number of hydrogen-bond donors (Lipinski definition) is 2. The fourth-order valence-corrected chi connectivity index (χ4v) is 3.02. The van der Waals surface area contributed by atoms with Gasteiger partial charge in [-0.1, -0.05) is 62.4 Å². The summed E-state index contributed by atoms with van der Waals surface area (Å²) >= 11 is 0. The standard InChI is InChI=1S/C22H29N3O2/c1-4-15-25(17(3)21(26)24-19-13-9-6-10-14-19)22(27)16(2)20(23)18-11-7-5-8-12-18/h5-14,16-17,20H,4,15,23H2,1-3H3,(H,24,26). The molecule has 2 aromatic carbocycles. The predicted molar refractivity (Wildman–Crippen MR) is 109 cm³/mol. The maximum Gasteiger partial charge on any atom is 0.246 e. The van der Waals surface area contributed by atoms with E-state index in [1.807, 2.05) is 74.5 Å². The topological polar surface area (TPSA) is 75.4 Å². The lowest BCUT2D eigenvalue weighted by Crippen LogP contribution is -2.49. The van der Waals surface area contributed by atoms with Crippen LogP contribution >= 0.6 is 0 Å². The fourth-order valence-electron chi connectivity index (χ4n) is 3.02. The van der Waals surface area contributed by atoms with E-state index in [0.29, 0.717) is 12.2 Å². The molecule has 3 atom stereocenters. The Balaban J connectivity index is 2.11. The molecular weight excluding hydrogens is 338 g/mol. The minimum Gasteiger partial charge on any atom is -0.331 e. The number of para-hydroxylation sites is 1. The summed E-state index contributed by atoms with van der Waals surface area (Å²) in [5, 5.41) is 2.87. The van der Waals surface area contributed by atoms with E-state index in [4.69, 9.17) is 5.73 Å². The molecule has 3 N–H and O–H groups in total. The molecule has 0 aromatic heterocycles. The summed E-state index contributed by atoms with van der Waals surface area (Å²) in [5.41, 5.74) is 7.95. The number of rotatable bonds is 8. The van der Waals surface area contributed by atoms with E-state index < -0.39 is 18.0 Å². The van der Waals surface area contributed by atoms with Crippen molar-refractivity contribution in [1.82, 2.24) is 4.90 Å². The lowest BCUT2D eigenvalue weighted by atomic mass is 9.93. The second-order valence-corrected chi connectivity index (χ2v) is 6.79. The fraction of sp³-hybridized carbons (Fsp3) is 0.364. The molecule has 2 amide bonds. The lowest BCUT2D eigenvalue weighted by molar-refractivity contribution is -0.141. The monoisotopic (exact) mass is 367 g/mol. The first-order valence-corrected chi connectivity index (χ1v) is 9.42. The van der Waals surface area contributed by atoms with Gasteiger partial charge in [0.25, 0.3) is 0 Å². The van der Waals surface area contributed by atoms with Gasteiger partial charge in [-0.25, -0.2) is 0 Å². The zero-order valence-corrected chi connectivity index (χ0v) is 16.3. The highest BCUT2D eigenvalue weighted by atomic mass is 16.2. The summed E-state index contributed by atoms with van der Waals surface area (Å²) in [6.07, 6.45) is 0.766. The molecule has 0 aliphatic rings. The van der Waals surface area contributed by atoms with Crippen LogP contribution in [0.25, 0.3) is 0 Å². The molecule has 0 bridgehead atoms. The van der Waals surface area contributed by atoms with Gasteiger partial charge < -0.3 is 16.0 Å². The summed E-state index contributed by atoms with van der Waals surface area (Å²) in [5.74, 6) is -0.738. The first-order chi connectivity index (χ1) is 13.0. The number of anilines is 1. The Bertz CT molecular complexity index is 734. The minimum absolute atomic E-state index is 0.107. The smallest absolute Gasteiger partial charge is 0.246 e. The van der Waals surface area contributed by atoms with Crippen LogP contribution in [0.1, 0.15) is 38.8 Å². The Morgan fingerprint density at radius 1 is 1.00 bits per heavy atom. The van der Waals surface area contributed by atoms with Crippen LogP contribution in [0.4, 0.5) is 5.69 Å². The van der Waals surface area contributed by atoms with Crippen molar-refractivity contribution in [2.24, 2.45) is 11.7 Å². The predicted octanol–water partition coefficient (Wildman–Crippen LogP) is 3.59. The van der Waals surface area contributed by atoms with Gasteiger partial charge in [0.15, 0.2) is 0 Å². The largest absolute Gasteiger partial charge is 0.331 e. The second-order valence-electron chi connectivity index (χ2n) is 6.79. The van der Waals surface area contributed by atoms with Gasteiger partial charge in [0.1, 0.15) is 6.04 Å². The molecule has 0 radical (unpaired) electrons. The van der Waals surface area contributed by atoms with Crippen LogP contribution in [0.15, 0.2) is 60.7 Å². The van der Waals surface area contributed by atoms with E-state index in [9.17, 15) is 9.59 Å². The molecule has 0 saturated heterocycles. The highest BCUT2D eigenvalue weighted by molar-refractivity contribution is 5.97. The van der Waals surface area contributed by atoms with Crippen molar-refractivity contribution >= 4 is 17.5 Å². The minimum atomic E-state index is -0.580. The first kappa shape index (κ1) is 20.6. The molecule has 144 valence electrons. The normalized spacial score (nSPS) is 14.1. The van der Waals surface area contributed by atoms with Crippen molar-refractivity contribution in [3.63, 3.8) is 0 Å². The van der Waals surface area contributed by atoms with Crippen LogP contribution in [-0.4, -0.2) is 29.3 Å². The van der Waals surface area contributed by atoms with Crippen molar-refractivity contribution in [2.45, 2.75) is 39.3 Å².